The van der Waals surface area contributed by atoms with Gasteiger partial charge in [0.1, 0.15) is 11.6 Å². The Labute approximate surface area is 162 Å². The summed E-state index contributed by atoms with van der Waals surface area (Å²) < 4.78 is 47.3. The van der Waals surface area contributed by atoms with Gasteiger partial charge in [0.15, 0.2) is 6.10 Å². The third-order valence-corrected chi connectivity index (χ3v) is 4.27. The Hall–Kier alpha value is -2.94. The fourth-order valence-electron chi connectivity index (χ4n) is 2.66. The van der Waals surface area contributed by atoms with Crippen LogP contribution in [0.3, 0.4) is 0 Å². The van der Waals surface area contributed by atoms with Gasteiger partial charge in [-0.05, 0) is 35.4 Å². The minimum absolute atomic E-state index is 0.00271. The summed E-state index contributed by atoms with van der Waals surface area (Å²) in [6.07, 6.45) is -1.75. The fourth-order valence-corrected chi connectivity index (χ4v) is 2.85. The van der Waals surface area contributed by atoms with Gasteiger partial charge in [0.05, 0.1) is 17.6 Å². The Morgan fingerprint density at radius 3 is 2.46 bits per heavy atom. The molecule has 0 spiro atoms. The first-order valence-electron chi connectivity index (χ1n) is 8.08. The summed E-state index contributed by atoms with van der Waals surface area (Å²) in [7, 11) is 0. The van der Waals surface area contributed by atoms with Gasteiger partial charge in [-0.2, -0.15) is 8.78 Å². The van der Waals surface area contributed by atoms with Crippen molar-refractivity contribution in [3.8, 4) is 5.75 Å². The lowest BCUT2D eigenvalue weighted by atomic mass is 9.98. The highest BCUT2D eigenvalue weighted by atomic mass is 35.5. The van der Waals surface area contributed by atoms with Crippen LogP contribution < -0.4 is 15.4 Å². The van der Waals surface area contributed by atoms with Gasteiger partial charge < -0.3 is 20.1 Å². The van der Waals surface area contributed by atoms with E-state index in [4.69, 9.17) is 16.3 Å². The summed E-state index contributed by atoms with van der Waals surface area (Å²) in [4.78, 5) is 23.6. The van der Waals surface area contributed by atoms with Gasteiger partial charge in [0.25, 0.3) is 5.91 Å². The zero-order valence-electron chi connectivity index (χ0n) is 14.1. The third kappa shape index (κ3) is 4.66. The van der Waals surface area contributed by atoms with Crippen LogP contribution in [0.2, 0.25) is 5.02 Å². The molecule has 1 aliphatic heterocycles. The second-order valence-electron chi connectivity index (χ2n) is 5.84. The highest BCUT2D eigenvalue weighted by Gasteiger charge is 2.31. The van der Waals surface area contributed by atoms with Crippen molar-refractivity contribution in [2.24, 2.45) is 0 Å². The van der Waals surface area contributed by atoms with Crippen molar-refractivity contribution >= 4 is 23.6 Å². The van der Waals surface area contributed by atoms with Gasteiger partial charge in [-0.25, -0.2) is 9.18 Å². The lowest BCUT2D eigenvalue weighted by molar-refractivity contribution is -0.128. The molecule has 1 fully saturated rings. The topological polar surface area (TPSA) is 76.7 Å². The average molecular weight is 415 g/mol. The zero-order chi connectivity index (χ0) is 20.3. The van der Waals surface area contributed by atoms with Crippen LogP contribution in [0.25, 0.3) is 0 Å². The Morgan fingerprint density at radius 1 is 1.21 bits per heavy atom. The molecule has 1 unspecified atom stereocenters. The van der Waals surface area contributed by atoms with Crippen LogP contribution in [0.5, 0.6) is 5.75 Å². The summed E-state index contributed by atoms with van der Waals surface area (Å²) >= 11 is 5.84. The summed E-state index contributed by atoms with van der Waals surface area (Å²) in [6.45, 7) is -2.97. The summed E-state index contributed by atoms with van der Waals surface area (Å²) in [6, 6.07) is 8.66. The van der Waals surface area contributed by atoms with Crippen LogP contribution in [0.1, 0.15) is 17.2 Å². The van der Waals surface area contributed by atoms with E-state index in [1.54, 1.807) is 0 Å². The van der Waals surface area contributed by atoms with Crippen LogP contribution in [0.15, 0.2) is 42.5 Å². The van der Waals surface area contributed by atoms with Crippen molar-refractivity contribution in [1.82, 2.24) is 10.6 Å². The number of ether oxygens (including phenoxy) is 2. The minimum atomic E-state index is -2.97. The lowest BCUT2D eigenvalue weighted by Gasteiger charge is -2.22. The number of rotatable bonds is 6. The van der Waals surface area contributed by atoms with Gasteiger partial charge >= 0.3 is 12.7 Å². The lowest BCUT2D eigenvalue weighted by Crippen LogP contribution is -2.39. The number of carbonyl (C=O) groups excluding carboxylic acids is 2. The zero-order valence-corrected chi connectivity index (χ0v) is 14.9. The maximum atomic E-state index is 13.5. The monoisotopic (exact) mass is 414 g/mol. The van der Waals surface area contributed by atoms with E-state index >= 15 is 0 Å². The molecule has 10 heteroatoms. The van der Waals surface area contributed by atoms with Crippen LogP contribution in [0, 0.1) is 5.82 Å². The highest BCUT2D eigenvalue weighted by Crippen LogP contribution is 2.28. The largest absolute Gasteiger partial charge is 0.435 e. The molecule has 2 N–H and O–H groups in total. The van der Waals surface area contributed by atoms with E-state index in [1.807, 2.05) is 0 Å². The average Bonchev–Trinajstić information content (AvgIpc) is 3.09. The normalized spacial score (nSPS) is 17.0. The van der Waals surface area contributed by atoms with E-state index in [0.717, 1.165) is 6.07 Å². The first kappa shape index (κ1) is 19.8. The molecule has 2 amide bonds. The summed E-state index contributed by atoms with van der Waals surface area (Å²) in [5, 5.41) is 4.91. The Kier molecular flexibility index (Phi) is 5.93. The molecule has 1 heterocycles. The van der Waals surface area contributed by atoms with E-state index in [0.29, 0.717) is 11.1 Å². The standard InChI is InChI=1S/C18H14ClF3N2O4/c19-12-7-10(3-6-13(12)20)15(24-16(25)14-8-23-18(26)28-14)9-1-4-11(5-2-9)27-17(21)22/h1-7,14-15,17H,8H2,(H,23,26)(H,24,25)/t14-,15?/m0/s1. The van der Waals surface area contributed by atoms with E-state index in [1.165, 1.54) is 36.4 Å². The number of amides is 2. The molecule has 0 aliphatic carbocycles. The number of hydrogen-bond acceptors (Lipinski definition) is 4. The number of halogens is 4. The third-order valence-electron chi connectivity index (χ3n) is 3.98. The van der Waals surface area contributed by atoms with E-state index in [9.17, 15) is 22.8 Å². The van der Waals surface area contributed by atoms with Gasteiger partial charge in [0.2, 0.25) is 0 Å². The van der Waals surface area contributed by atoms with Crippen molar-refractivity contribution < 1.29 is 32.2 Å². The van der Waals surface area contributed by atoms with Crippen LogP contribution >= 0.6 is 11.6 Å². The molecule has 0 bridgehead atoms. The Morgan fingerprint density at radius 2 is 1.89 bits per heavy atom. The van der Waals surface area contributed by atoms with Gasteiger partial charge in [-0.1, -0.05) is 29.8 Å². The van der Waals surface area contributed by atoms with E-state index < -0.39 is 36.6 Å². The fraction of sp³-hybridized carbons (Fsp3) is 0.222. The summed E-state index contributed by atoms with van der Waals surface area (Å²) in [5.41, 5.74) is 0.939. The van der Waals surface area contributed by atoms with Gasteiger partial charge in [0, 0.05) is 0 Å². The second-order valence-corrected chi connectivity index (χ2v) is 6.24. The molecule has 1 aliphatic rings. The van der Waals surface area contributed by atoms with E-state index in [-0.39, 0.29) is 17.3 Å². The smallest absolute Gasteiger partial charge is 0.408 e. The number of nitrogens with one attached hydrogen (secondary N) is 2. The molecule has 2 aromatic rings. The number of cyclic esters (lactones) is 1. The van der Waals surface area contributed by atoms with Crippen molar-refractivity contribution in [3.05, 3.63) is 64.4 Å². The number of benzene rings is 2. The maximum Gasteiger partial charge on any atom is 0.408 e. The molecular formula is C18H14ClF3N2O4. The van der Waals surface area contributed by atoms with Crippen molar-refractivity contribution in [1.29, 1.82) is 0 Å². The first-order valence-corrected chi connectivity index (χ1v) is 8.46. The first-order chi connectivity index (χ1) is 13.3. The van der Waals surface area contributed by atoms with Crippen molar-refractivity contribution in [2.45, 2.75) is 18.8 Å². The molecule has 0 saturated carbocycles. The number of alkyl carbamates (subject to hydrolysis) is 1. The van der Waals surface area contributed by atoms with Gasteiger partial charge in [-0.3, -0.25) is 4.79 Å². The second kappa shape index (κ2) is 8.39. The van der Waals surface area contributed by atoms with Crippen LogP contribution in [0.4, 0.5) is 18.0 Å². The molecule has 6 nitrogen and oxygen atoms in total. The molecule has 0 aromatic heterocycles. The quantitative estimate of drug-likeness (QED) is 0.759. The molecular weight excluding hydrogens is 401 g/mol. The summed E-state index contributed by atoms with van der Waals surface area (Å²) in [5.74, 6) is -1.28. The molecule has 148 valence electrons. The molecule has 1 saturated heterocycles. The van der Waals surface area contributed by atoms with Crippen molar-refractivity contribution in [3.63, 3.8) is 0 Å². The Bertz CT molecular complexity index is 880. The Balaban J connectivity index is 1.88. The molecule has 2 aromatic carbocycles. The molecule has 28 heavy (non-hydrogen) atoms. The van der Waals surface area contributed by atoms with Gasteiger partial charge in [-0.15, -0.1) is 0 Å². The maximum absolute atomic E-state index is 13.5. The molecule has 2 atom stereocenters. The highest BCUT2D eigenvalue weighted by molar-refractivity contribution is 6.30. The minimum Gasteiger partial charge on any atom is -0.435 e. The van der Waals surface area contributed by atoms with E-state index in [2.05, 4.69) is 15.4 Å². The van der Waals surface area contributed by atoms with Crippen molar-refractivity contribution in [2.75, 3.05) is 6.54 Å². The van der Waals surface area contributed by atoms with Crippen LogP contribution in [-0.2, 0) is 9.53 Å². The molecule has 3 rings (SSSR count). The number of alkyl halides is 2. The number of carbonyl (C=O) groups is 2. The molecule has 0 radical (unpaired) electrons. The van der Waals surface area contributed by atoms with Crippen LogP contribution in [-0.4, -0.2) is 31.3 Å². The predicted octanol–water partition coefficient (Wildman–Crippen LogP) is 3.39. The number of hydrogen-bond donors (Lipinski definition) is 2. The predicted molar refractivity (Wildman–Crippen MR) is 92.7 cm³/mol. The SMILES string of the molecule is O=C1NC[C@@H](C(=O)NC(c2ccc(OC(F)F)cc2)c2ccc(F)c(Cl)c2)O1.